The molecular formula is C24H33N3O2. The molecule has 1 aromatic rings. The number of nitrogens with zero attached hydrogens (tertiary/aromatic N) is 3. The first kappa shape index (κ1) is 19.1. The van der Waals surface area contributed by atoms with Crippen LogP contribution in [0.15, 0.2) is 24.5 Å². The number of hydrogen-bond acceptors (Lipinski definition) is 3. The minimum atomic E-state index is -0.170. The van der Waals surface area contributed by atoms with E-state index in [0.29, 0.717) is 37.3 Å². The first-order valence-corrected chi connectivity index (χ1v) is 11.5. The van der Waals surface area contributed by atoms with Crippen LogP contribution in [-0.2, 0) is 9.59 Å². The molecule has 0 radical (unpaired) electrons. The van der Waals surface area contributed by atoms with E-state index < -0.39 is 0 Å². The third-order valence-electron chi connectivity index (χ3n) is 8.38. The zero-order valence-corrected chi connectivity index (χ0v) is 17.7. The smallest absolute Gasteiger partial charge is 0.228 e. The van der Waals surface area contributed by atoms with Crippen molar-refractivity contribution >= 4 is 11.8 Å². The number of aromatic nitrogens is 1. The fourth-order valence-electron chi connectivity index (χ4n) is 7.49. The summed E-state index contributed by atoms with van der Waals surface area (Å²) in [6.45, 7) is 2.65. The Labute approximate surface area is 173 Å². The van der Waals surface area contributed by atoms with E-state index in [1.165, 1.54) is 32.1 Å². The van der Waals surface area contributed by atoms with Crippen molar-refractivity contribution in [2.24, 2.45) is 29.6 Å². The summed E-state index contributed by atoms with van der Waals surface area (Å²) in [7, 11) is 2.05. The number of hydrogen-bond donors (Lipinski definition) is 0. The number of carbonyl (C=O) groups excluding carboxylic acids is 2. The van der Waals surface area contributed by atoms with Gasteiger partial charge in [0, 0.05) is 38.4 Å². The van der Waals surface area contributed by atoms with Crippen LogP contribution in [0.3, 0.4) is 0 Å². The van der Waals surface area contributed by atoms with Crippen LogP contribution in [0.2, 0.25) is 0 Å². The molecule has 0 aromatic carbocycles. The largest absolute Gasteiger partial charge is 0.342 e. The summed E-state index contributed by atoms with van der Waals surface area (Å²) in [6.07, 6.45) is 11.3. The SMILES string of the molecule is CCN1C(=O)CC[C@H](C(=O)N(C)C2C3CC4CC(C3)CC2C4)[C@H]1c1ccncc1. The van der Waals surface area contributed by atoms with Crippen molar-refractivity contribution < 1.29 is 9.59 Å². The van der Waals surface area contributed by atoms with Crippen LogP contribution in [-0.4, -0.2) is 46.2 Å². The Hall–Kier alpha value is -1.91. The van der Waals surface area contributed by atoms with Crippen molar-refractivity contribution in [3.05, 3.63) is 30.1 Å². The minimum Gasteiger partial charge on any atom is -0.342 e. The molecule has 5 nitrogen and oxygen atoms in total. The number of carbonyl (C=O) groups is 2. The first-order valence-electron chi connectivity index (χ1n) is 11.5. The van der Waals surface area contributed by atoms with Crippen LogP contribution in [0.1, 0.15) is 63.5 Å². The van der Waals surface area contributed by atoms with Gasteiger partial charge in [0.2, 0.25) is 11.8 Å². The molecule has 156 valence electrons. The summed E-state index contributed by atoms with van der Waals surface area (Å²) < 4.78 is 0. The van der Waals surface area contributed by atoms with Gasteiger partial charge in [0.15, 0.2) is 0 Å². The summed E-state index contributed by atoms with van der Waals surface area (Å²) in [5.41, 5.74) is 1.03. The monoisotopic (exact) mass is 395 g/mol. The van der Waals surface area contributed by atoms with Crippen molar-refractivity contribution in [3.63, 3.8) is 0 Å². The van der Waals surface area contributed by atoms with Crippen LogP contribution < -0.4 is 0 Å². The quantitative estimate of drug-likeness (QED) is 0.782. The zero-order chi connectivity index (χ0) is 20.1. The molecule has 5 fully saturated rings. The number of amides is 2. The van der Waals surface area contributed by atoms with Gasteiger partial charge in [-0.1, -0.05) is 0 Å². The summed E-state index contributed by atoms with van der Waals surface area (Å²) >= 11 is 0. The van der Waals surface area contributed by atoms with Crippen molar-refractivity contribution in [2.75, 3.05) is 13.6 Å². The second kappa shape index (κ2) is 7.41. The Balaban J connectivity index is 1.42. The van der Waals surface area contributed by atoms with E-state index in [-0.39, 0.29) is 23.8 Å². The van der Waals surface area contributed by atoms with Gasteiger partial charge in [-0.3, -0.25) is 14.6 Å². The molecule has 1 aliphatic heterocycles. The van der Waals surface area contributed by atoms with E-state index in [9.17, 15) is 9.59 Å². The molecule has 1 saturated heterocycles. The van der Waals surface area contributed by atoms with Crippen LogP contribution in [0.5, 0.6) is 0 Å². The normalized spacial score (nSPS) is 38.3. The molecule has 5 aliphatic rings. The van der Waals surface area contributed by atoms with Crippen LogP contribution in [0, 0.1) is 29.6 Å². The number of piperidine rings is 1. The maximum Gasteiger partial charge on any atom is 0.228 e. The van der Waals surface area contributed by atoms with Crippen molar-refractivity contribution in [1.29, 1.82) is 0 Å². The van der Waals surface area contributed by atoms with Gasteiger partial charge in [-0.05, 0) is 86.8 Å². The Morgan fingerprint density at radius 1 is 1.10 bits per heavy atom. The molecule has 1 aromatic heterocycles. The summed E-state index contributed by atoms with van der Waals surface area (Å²) in [5.74, 6) is 3.44. The first-order chi connectivity index (χ1) is 14.1. The van der Waals surface area contributed by atoms with Crippen molar-refractivity contribution in [3.8, 4) is 0 Å². The Morgan fingerprint density at radius 2 is 1.72 bits per heavy atom. The van der Waals surface area contributed by atoms with E-state index in [4.69, 9.17) is 0 Å². The topological polar surface area (TPSA) is 53.5 Å². The fourth-order valence-corrected chi connectivity index (χ4v) is 7.49. The summed E-state index contributed by atoms with van der Waals surface area (Å²) in [4.78, 5) is 34.6. The predicted octanol–water partition coefficient (Wildman–Crippen LogP) is 3.66. The molecule has 4 aliphatic carbocycles. The van der Waals surface area contributed by atoms with E-state index in [1.807, 2.05) is 31.0 Å². The molecular weight excluding hydrogens is 362 g/mol. The standard InChI is InChI=1S/C24H33N3O2/c1-3-27-21(28)5-4-20(23(27)17-6-8-25-9-7-17)24(29)26(2)22-18-11-15-10-16(13-18)14-19(22)12-15/h6-9,15-16,18-20,22-23H,3-5,10-14H2,1-2H3/t15?,16?,18?,19?,20-,22?,23+/m0/s1. The number of likely N-dealkylation sites (tertiary alicyclic amines) is 1. The lowest BCUT2D eigenvalue weighted by Gasteiger charge is -2.57. The second-order valence-electron chi connectivity index (χ2n) is 9.92. The Morgan fingerprint density at radius 3 is 2.31 bits per heavy atom. The second-order valence-corrected chi connectivity index (χ2v) is 9.92. The van der Waals surface area contributed by atoms with E-state index in [1.54, 1.807) is 12.4 Å². The van der Waals surface area contributed by atoms with Gasteiger partial charge in [0.1, 0.15) is 0 Å². The minimum absolute atomic E-state index is 0.155. The maximum atomic E-state index is 13.8. The molecule has 0 unspecified atom stereocenters. The van der Waals surface area contributed by atoms with Crippen LogP contribution in [0.4, 0.5) is 0 Å². The maximum absolute atomic E-state index is 13.8. The van der Waals surface area contributed by atoms with Gasteiger partial charge in [-0.25, -0.2) is 0 Å². The predicted molar refractivity (Wildman–Crippen MR) is 111 cm³/mol. The van der Waals surface area contributed by atoms with Gasteiger partial charge >= 0.3 is 0 Å². The molecule has 2 atom stereocenters. The van der Waals surface area contributed by atoms with Crippen LogP contribution >= 0.6 is 0 Å². The van der Waals surface area contributed by atoms with Crippen LogP contribution in [0.25, 0.3) is 0 Å². The third kappa shape index (κ3) is 3.17. The van der Waals surface area contributed by atoms with Crippen molar-refractivity contribution in [2.45, 2.75) is 64.0 Å². The number of rotatable bonds is 4. The van der Waals surface area contributed by atoms with Crippen molar-refractivity contribution in [1.82, 2.24) is 14.8 Å². The molecule has 0 spiro atoms. The highest BCUT2D eigenvalue weighted by atomic mass is 16.2. The molecule has 29 heavy (non-hydrogen) atoms. The van der Waals surface area contributed by atoms with Gasteiger partial charge in [-0.15, -0.1) is 0 Å². The van der Waals surface area contributed by atoms with Gasteiger partial charge in [0.05, 0.1) is 12.0 Å². The average Bonchev–Trinajstić information content (AvgIpc) is 2.72. The molecule has 4 bridgehead atoms. The molecule has 2 heterocycles. The lowest BCUT2D eigenvalue weighted by molar-refractivity contribution is -0.154. The van der Waals surface area contributed by atoms with Gasteiger partial charge in [0.25, 0.3) is 0 Å². The lowest BCUT2D eigenvalue weighted by atomic mass is 9.54. The van der Waals surface area contributed by atoms with E-state index >= 15 is 0 Å². The molecule has 4 saturated carbocycles. The molecule has 0 N–H and O–H groups in total. The highest BCUT2D eigenvalue weighted by molar-refractivity contribution is 5.85. The van der Waals surface area contributed by atoms with E-state index in [0.717, 1.165) is 17.4 Å². The highest BCUT2D eigenvalue weighted by Crippen LogP contribution is 2.55. The molecule has 5 heteroatoms. The highest BCUT2D eigenvalue weighted by Gasteiger charge is 2.51. The number of pyridine rings is 1. The Bertz CT molecular complexity index is 752. The fraction of sp³-hybridized carbons (Fsp3) is 0.708. The van der Waals surface area contributed by atoms with E-state index in [2.05, 4.69) is 9.88 Å². The molecule has 6 rings (SSSR count). The molecule has 2 amide bonds. The third-order valence-corrected chi connectivity index (χ3v) is 8.38. The van der Waals surface area contributed by atoms with Gasteiger partial charge < -0.3 is 9.80 Å². The van der Waals surface area contributed by atoms with Gasteiger partial charge in [-0.2, -0.15) is 0 Å². The lowest BCUT2D eigenvalue weighted by Crippen LogP contribution is -2.58. The zero-order valence-electron chi connectivity index (χ0n) is 17.7. The summed E-state index contributed by atoms with van der Waals surface area (Å²) in [5, 5.41) is 0. The Kier molecular flexibility index (Phi) is 4.87. The average molecular weight is 396 g/mol. The summed E-state index contributed by atoms with van der Waals surface area (Å²) in [6, 6.07) is 4.17.